The number of fused-ring (bicyclic) bond motifs is 1. The van der Waals surface area contributed by atoms with Crippen LogP contribution in [0.4, 0.5) is 0 Å². The summed E-state index contributed by atoms with van der Waals surface area (Å²) in [6.07, 6.45) is 10.3. The standard InChI is InChI=1S/C24H34N2O2/c1-16-10-9-15-21(17(16)2)25-23(27)22-19-13-7-8-14-20(19)24(28)26(22)18-11-5-3-4-6-12-18/h7-8,13-14,16-18,21-22H,3-6,9-12,15H2,1-2H3,(H,25,27). The summed E-state index contributed by atoms with van der Waals surface area (Å²) >= 11 is 0. The molecule has 0 saturated heterocycles. The molecular weight excluding hydrogens is 348 g/mol. The highest BCUT2D eigenvalue weighted by molar-refractivity contribution is 6.05. The molecule has 1 aromatic rings. The third-order valence-corrected chi connectivity index (χ3v) is 7.50. The molecule has 3 aliphatic rings. The number of amides is 2. The number of hydrogen-bond acceptors (Lipinski definition) is 2. The summed E-state index contributed by atoms with van der Waals surface area (Å²) in [5.74, 6) is 1.19. The molecule has 0 radical (unpaired) electrons. The van der Waals surface area contributed by atoms with Crippen molar-refractivity contribution in [1.29, 1.82) is 0 Å². The normalized spacial score (nSPS) is 31.4. The summed E-state index contributed by atoms with van der Waals surface area (Å²) in [4.78, 5) is 28.7. The van der Waals surface area contributed by atoms with Gasteiger partial charge < -0.3 is 10.2 Å². The van der Waals surface area contributed by atoms with E-state index < -0.39 is 6.04 Å². The number of hydrogen-bond donors (Lipinski definition) is 1. The Balaban J connectivity index is 1.61. The molecule has 4 heteroatoms. The SMILES string of the molecule is CC1CCCC(NC(=O)C2c3ccccc3C(=O)N2C2CCCCCC2)C1C. The number of nitrogens with one attached hydrogen (secondary N) is 1. The van der Waals surface area contributed by atoms with Crippen molar-refractivity contribution in [2.75, 3.05) is 0 Å². The molecule has 4 nitrogen and oxygen atoms in total. The van der Waals surface area contributed by atoms with Gasteiger partial charge in [-0.3, -0.25) is 9.59 Å². The minimum atomic E-state index is -0.462. The van der Waals surface area contributed by atoms with Crippen LogP contribution in [0, 0.1) is 11.8 Å². The molecule has 2 fully saturated rings. The lowest BCUT2D eigenvalue weighted by Gasteiger charge is -2.37. The lowest BCUT2D eigenvalue weighted by atomic mass is 9.78. The summed E-state index contributed by atoms with van der Waals surface area (Å²) < 4.78 is 0. The second-order valence-corrected chi connectivity index (χ2v) is 9.23. The molecule has 4 atom stereocenters. The molecule has 0 bridgehead atoms. The van der Waals surface area contributed by atoms with Gasteiger partial charge in [-0.05, 0) is 42.7 Å². The molecule has 152 valence electrons. The average molecular weight is 383 g/mol. The molecule has 0 aromatic heterocycles. The summed E-state index contributed by atoms with van der Waals surface area (Å²) in [6.45, 7) is 4.54. The molecule has 1 aromatic carbocycles. The van der Waals surface area contributed by atoms with Gasteiger partial charge in [-0.1, -0.05) is 70.6 Å². The van der Waals surface area contributed by atoms with Crippen LogP contribution in [-0.4, -0.2) is 28.8 Å². The highest BCUT2D eigenvalue weighted by Gasteiger charge is 2.45. The summed E-state index contributed by atoms with van der Waals surface area (Å²) in [6, 6.07) is 7.66. The number of rotatable bonds is 3. The lowest BCUT2D eigenvalue weighted by Crippen LogP contribution is -2.50. The topological polar surface area (TPSA) is 49.4 Å². The van der Waals surface area contributed by atoms with Gasteiger partial charge in [-0.2, -0.15) is 0 Å². The van der Waals surface area contributed by atoms with Gasteiger partial charge in [0.05, 0.1) is 0 Å². The zero-order valence-electron chi connectivity index (χ0n) is 17.3. The first-order valence-corrected chi connectivity index (χ1v) is 11.3. The molecule has 1 aliphatic heterocycles. The fourth-order valence-electron chi connectivity index (χ4n) is 5.56. The Morgan fingerprint density at radius 2 is 1.68 bits per heavy atom. The van der Waals surface area contributed by atoms with E-state index in [1.54, 1.807) is 0 Å². The number of carbonyl (C=O) groups excluding carboxylic acids is 2. The van der Waals surface area contributed by atoms with E-state index in [9.17, 15) is 9.59 Å². The zero-order chi connectivity index (χ0) is 19.7. The maximum atomic E-state index is 13.5. The van der Waals surface area contributed by atoms with Crippen molar-refractivity contribution in [2.45, 2.75) is 89.8 Å². The molecule has 4 rings (SSSR count). The van der Waals surface area contributed by atoms with Crippen LogP contribution in [0.3, 0.4) is 0 Å². The van der Waals surface area contributed by atoms with E-state index in [0.717, 1.165) is 43.2 Å². The van der Waals surface area contributed by atoms with Gasteiger partial charge in [-0.25, -0.2) is 0 Å². The third kappa shape index (κ3) is 3.58. The lowest BCUT2D eigenvalue weighted by molar-refractivity contribution is -0.127. The van der Waals surface area contributed by atoms with Gasteiger partial charge in [0.15, 0.2) is 0 Å². The molecule has 2 amide bonds. The molecule has 1 heterocycles. The summed E-state index contributed by atoms with van der Waals surface area (Å²) in [5, 5.41) is 3.35. The Hall–Kier alpha value is -1.84. The first-order valence-electron chi connectivity index (χ1n) is 11.3. The van der Waals surface area contributed by atoms with Gasteiger partial charge >= 0.3 is 0 Å². The first kappa shape index (κ1) is 19.5. The van der Waals surface area contributed by atoms with Crippen LogP contribution < -0.4 is 5.32 Å². The van der Waals surface area contributed by atoms with Gasteiger partial charge in [0.2, 0.25) is 5.91 Å². The van der Waals surface area contributed by atoms with Crippen LogP contribution in [0.2, 0.25) is 0 Å². The van der Waals surface area contributed by atoms with Crippen LogP contribution >= 0.6 is 0 Å². The van der Waals surface area contributed by atoms with Gasteiger partial charge in [0, 0.05) is 17.6 Å². The highest BCUT2D eigenvalue weighted by Crippen LogP contribution is 2.39. The van der Waals surface area contributed by atoms with E-state index in [1.807, 2.05) is 29.2 Å². The monoisotopic (exact) mass is 382 g/mol. The van der Waals surface area contributed by atoms with Crippen molar-refractivity contribution in [3.05, 3.63) is 35.4 Å². The average Bonchev–Trinajstić information content (AvgIpc) is 2.85. The van der Waals surface area contributed by atoms with Crippen LogP contribution in [0.25, 0.3) is 0 Å². The predicted molar refractivity (Wildman–Crippen MR) is 111 cm³/mol. The van der Waals surface area contributed by atoms with Crippen molar-refractivity contribution < 1.29 is 9.59 Å². The van der Waals surface area contributed by atoms with Crippen LogP contribution in [0.1, 0.15) is 93.6 Å². The van der Waals surface area contributed by atoms with Gasteiger partial charge in [0.1, 0.15) is 6.04 Å². The summed E-state index contributed by atoms with van der Waals surface area (Å²) in [5.41, 5.74) is 1.61. The molecule has 2 saturated carbocycles. The molecular formula is C24H34N2O2. The van der Waals surface area contributed by atoms with Crippen LogP contribution in [0.5, 0.6) is 0 Å². The van der Waals surface area contributed by atoms with Crippen LogP contribution in [0.15, 0.2) is 24.3 Å². The molecule has 28 heavy (non-hydrogen) atoms. The van der Waals surface area contributed by atoms with E-state index in [2.05, 4.69) is 19.2 Å². The maximum Gasteiger partial charge on any atom is 0.255 e. The smallest absolute Gasteiger partial charge is 0.255 e. The Bertz CT molecular complexity index is 723. The van der Waals surface area contributed by atoms with Crippen molar-refractivity contribution >= 4 is 11.8 Å². The molecule has 4 unspecified atom stereocenters. The van der Waals surface area contributed by atoms with Crippen molar-refractivity contribution in [2.24, 2.45) is 11.8 Å². The first-order chi connectivity index (χ1) is 13.6. The molecule has 0 spiro atoms. The predicted octanol–water partition coefficient (Wildman–Crippen LogP) is 4.85. The minimum Gasteiger partial charge on any atom is -0.351 e. The van der Waals surface area contributed by atoms with Crippen molar-refractivity contribution in [1.82, 2.24) is 10.2 Å². The van der Waals surface area contributed by atoms with E-state index in [1.165, 1.54) is 25.7 Å². The minimum absolute atomic E-state index is 0.0218. The fraction of sp³-hybridized carbons (Fsp3) is 0.667. The Labute approximate surface area is 169 Å². The largest absolute Gasteiger partial charge is 0.351 e. The zero-order valence-corrected chi connectivity index (χ0v) is 17.3. The highest BCUT2D eigenvalue weighted by atomic mass is 16.2. The number of nitrogens with zero attached hydrogens (tertiary/aromatic N) is 1. The Kier molecular flexibility index (Phi) is 5.75. The molecule has 1 N–H and O–H groups in total. The Morgan fingerprint density at radius 1 is 0.964 bits per heavy atom. The number of benzene rings is 1. The second-order valence-electron chi connectivity index (χ2n) is 9.23. The van der Waals surface area contributed by atoms with E-state index in [0.29, 0.717) is 11.8 Å². The number of carbonyl (C=O) groups is 2. The van der Waals surface area contributed by atoms with Gasteiger partial charge in [0.25, 0.3) is 5.91 Å². The third-order valence-electron chi connectivity index (χ3n) is 7.50. The van der Waals surface area contributed by atoms with Crippen LogP contribution in [-0.2, 0) is 4.79 Å². The molecule has 2 aliphatic carbocycles. The second kappa shape index (κ2) is 8.26. The van der Waals surface area contributed by atoms with E-state index >= 15 is 0 Å². The Morgan fingerprint density at radius 3 is 2.43 bits per heavy atom. The fourth-order valence-corrected chi connectivity index (χ4v) is 5.56. The summed E-state index contributed by atoms with van der Waals surface area (Å²) in [7, 11) is 0. The van der Waals surface area contributed by atoms with E-state index in [4.69, 9.17) is 0 Å². The van der Waals surface area contributed by atoms with Gasteiger partial charge in [-0.15, -0.1) is 0 Å². The van der Waals surface area contributed by atoms with Crippen molar-refractivity contribution in [3.8, 4) is 0 Å². The quantitative estimate of drug-likeness (QED) is 0.760. The van der Waals surface area contributed by atoms with Crippen molar-refractivity contribution in [3.63, 3.8) is 0 Å². The van der Waals surface area contributed by atoms with E-state index in [-0.39, 0.29) is 23.9 Å². The maximum absolute atomic E-state index is 13.5.